The van der Waals surface area contributed by atoms with Crippen molar-refractivity contribution in [3.8, 4) is 5.75 Å². The number of nitrogens with one attached hydrogen (secondary N) is 2. The second kappa shape index (κ2) is 8.36. The molecule has 5 nitrogen and oxygen atoms in total. The van der Waals surface area contributed by atoms with Crippen LogP contribution in [0.25, 0.3) is 10.8 Å². The van der Waals surface area contributed by atoms with Gasteiger partial charge in [0.05, 0.1) is 6.42 Å². The van der Waals surface area contributed by atoms with Gasteiger partial charge in [-0.25, -0.2) is 0 Å². The summed E-state index contributed by atoms with van der Waals surface area (Å²) in [7, 11) is 0. The molecule has 3 aromatic carbocycles. The molecule has 0 saturated carbocycles. The molecule has 0 fully saturated rings. The maximum Gasteiger partial charge on any atom is 0.276 e. The molecule has 0 aliphatic carbocycles. The lowest BCUT2D eigenvalue weighted by atomic mass is 10.0. The Balaban J connectivity index is 1.51. The SMILES string of the molecule is Cc1ccc(C)c(OCC(=O)NNC(=O)Cc2cccc3ccccc23)c1. The normalized spacial score (nSPS) is 10.4. The Morgan fingerprint density at radius 2 is 1.63 bits per heavy atom. The van der Waals surface area contributed by atoms with Gasteiger partial charge in [0.15, 0.2) is 6.61 Å². The number of hydrogen-bond acceptors (Lipinski definition) is 3. The van der Waals surface area contributed by atoms with Crippen LogP contribution in [0.15, 0.2) is 60.7 Å². The molecule has 0 aliphatic rings. The van der Waals surface area contributed by atoms with E-state index in [2.05, 4.69) is 10.9 Å². The van der Waals surface area contributed by atoms with Gasteiger partial charge in [-0.2, -0.15) is 0 Å². The summed E-state index contributed by atoms with van der Waals surface area (Å²) in [6.45, 7) is 3.71. The summed E-state index contributed by atoms with van der Waals surface area (Å²) < 4.78 is 5.52. The highest BCUT2D eigenvalue weighted by atomic mass is 16.5. The molecule has 2 amide bonds. The molecule has 0 bridgehead atoms. The van der Waals surface area contributed by atoms with Crippen LogP contribution in [0.4, 0.5) is 0 Å². The average Bonchev–Trinajstić information content (AvgIpc) is 2.67. The Hall–Kier alpha value is -3.34. The van der Waals surface area contributed by atoms with Gasteiger partial charge in [-0.3, -0.25) is 20.4 Å². The Bertz CT molecular complexity index is 977. The standard InChI is InChI=1S/C22H22N2O3/c1-15-10-11-16(2)20(12-15)27-14-22(26)24-23-21(25)13-18-8-5-7-17-6-3-4-9-19(17)18/h3-12H,13-14H2,1-2H3,(H,23,25)(H,24,26). The molecule has 0 aliphatic heterocycles. The van der Waals surface area contributed by atoms with E-state index in [-0.39, 0.29) is 18.9 Å². The first kappa shape index (κ1) is 18.5. The predicted octanol–water partition coefficient (Wildman–Crippen LogP) is 3.23. The number of rotatable bonds is 5. The second-order valence-electron chi connectivity index (χ2n) is 6.47. The van der Waals surface area contributed by atoms with Crippen LogP contribution in [0.5, 0.6) is 5.75 Å². The number of hydrogen-bond donors (Lipinski definition) is 2. The van der Waals surface area contributed by atoms with E-state index < -0.39 is 5.91 Å². The van der Waals surface area contributed by atoms with E-state index in [0.717, 1.165) is 27.5 Å². The number of benzene rings is 3. The molecule has 5 heteroatoms. The van der Waals surface area contributed by atoms with Crippen LogP contribution in [0.2, 0.25) is 0 Å². The number of carbonyl (C=O) groups is 2. The molecule has 0 aromatic heterocycles. The first-order chi connectivity index (χ1) is 13.0. The zero-order valence-electron chi connectivity index (χ0n) is 15.4. The third kappa shape index (κ3) is 4.85. The van der Waals surface area contributed by atoms with E-state index in [9.17, 15) is 9.59 Å². The number of fused-ring (bicyclic) bond motifs is 1. The second-order valence-corrected chi connectivity index (χ2v) is 6.47. The maximum atomic E-state index is 12.2. The lowest BCUT2D eigenvalue weighted by Gasteiger charge is -2.11. The Kier molecular flexibility index (Phi) is 5.71. The molecule has 0 heterocycles. The first-order valence-electron chi connectivity index (χ1n) is 8.77. The zero-order chi connectivity index (χ0) is 19.2. The van der Waals surface area contributed by atoms with Gasteiger partial charge in [-0.05, 0) is 47.4 Å². The highest BCUT2D eigenvalue weighted by Crippen LogP contribution is 2.19. The molecule has 2 N–H and O–H groups in total. The lowest BCUT2D eigenvalue weighted by molar-refractivity contribution is -0.129. The van der Waals surface area contributed by atoms with Crippen molar-refractivity contribution in [2.75, 3.05) is 6.61 Å². The zero-order valence-corrected chi connectivity index (χ0v) is 15.4. The quantitative estimate of drug-likeness (QED) is 0.685. The van der Waals surface area contributed by atoms with Crippen LogP contribution in [0.3, 0.4) is 0 Å². The largest absolute Gasteiger partial charge is 0.483 e. The minimum absolute atomic E-state index is 0.168. The van der Waals surface area contributed by atoms with Gasteiger partial charge in [0.1, 0.15) is 5.75 Å². The summed E-state index contributed by atoms with van der Waals surface area (Å²) in [5.41, 5.74) is 7.75. The van der Waals surface area contributed by atoms with Gasteiger partial charge in [0.2, 0.25) is 5.91 Å². The molecule has 3 aromatic rings. The van der Waals surface area contributed by atoms with Gasteiger partial charge in [0.25, 0.3) is 5.91 Å². The fraction of sp³-hybridized carbons (Fsp3) is 0.182. The maximum absolute atomic E-state index is 12.2. The van der Waals surface area contributed by atoms with E-state index in [1.165, 1.54) is 0 Å². The lowest BCUT2D eigenvalue weighted by Crippen LogP contribution is -2.44. The summed E-state index contributed by atoms with van der Waals surface area (Å²) in [6, 6.07) is 19.5. The van der Waals surface area contributed by atoms with Gasteiger partial charge in [-0.1, -0.05) is 54.6 Å². The van der Waals surface area contributed by atoms with Crippen LogP contribution in [-0.2, 0) is 16.0 Å². The van der Waals surface area contributed by atoms with E-state index in [1.54, 1.807) is 0 Å². The topological polar surface area (TPSA) is 67.4 Å². The van der Waals surface area contributed by atoms with Crippen molar-refractivity contribution in [1.82, 2.24) is 10.9 Å². The third-order valence-corrected chi connectivity index (χ3v) is 4.27. The summed E-state index contributed by atoms with van der Waals surface area (Å²) in [6.07, 6.45) is 0.180. The predicted molar refractivity (Wildman–Crippen MR) is 105 cm³/mol. The van der Waals surface area contributed by atoms with Crippen molar-refractivity contribution in [1.29, 1.82) is 0 Å². The van der Waals surface area contributed by atoms with Crippen molar-refractivity contribution in [3.05, 3.63) is 77.4 Å². The molecule has 3 rings (SSSR count). The summed E-state index contributed by atoms with van der Waals surface area (Å²) in [5.74, 6) is -0.0409. The summed E-state index contributed by atoms with van der Waals surface area (Å²) in [4.78, 5) is 24.1. The van der Waals surface area contributed by atoms with Crippen molar-refractivity contribution >= 4 is 22.6 Å². The minimum atomic E-state index is -0.415. The number of carbonyl (C=O) groups excluding carboxylic acids is 2. The Labute approximate surface area is 158 Å². The Morgan fingerprint density at radius 3 is 2.48 bits per heavy atom. The van der Waals surface area contributed by atoms with Crippen molar-refractivity contribution in [3.63, 3.8) is 0 Å². The summed E-state index contributed by atoms with van der Waals surface area (Å²) >= 11 is 0. The Morgan fingerprint density at radius 1 is 0.889 bits per heavy atom. The monoisotopic (exact) mass is 362 g/mol. The molecule has 0 unspecified atom stereocenters. The van der Waals surface area contributed by atoms with E-state index in [0.29, 0.717) is 5.75 Å². The summed E-state index contributed by atoms with van der Waals surface area (Å²) in [5, 5.41) is 2.11. The molecule has 27 heavy (non-hydrogen) atoms. The average molecular weight is 362 g/mol. The molecule has 0 saturated heterocycles. The molecule has 138 valence electrons. The molecule has 0 atom stereocenters. The van der Waals surface area contributed by atoms with Gasteiger partial charge < -0.3 is 4.74 Å². The third-order valence-electron chi connectivity index (χ3n) is 4.27. The smallest absolute Gasteiger partial charge is 0.276 e. The van der Waals surface area contributed by atoms with Gasteiger partial charge in [0, 0.05) is 0 Å². The van der Waals surface area contributed by atoms with Crippen molar-refractivity contribution < 1.29 is 14.3 Å². The fourth-order valence-electron chi connectivity index (χ4n) is 2.85. The van der Waals surface area contributed by atoms with Crippen molar-refractivity contribution in [2.24, 2.45) is 0 Å². The number of amides is 2. The highest BCUT2D eigenvalue weighted by molar-refractivity contribution is 5.91. The molecule has 0 radical (unpaired) electrons. The van der Waals surface area contributed by atoms with Crippen molar-refractivity contribution in [2.45, 2.75) is 20.3 Å². The van der Waals surface area contributed by atoms with E-state index >= 15 is 0 Å². The molecular formula is C22H22N2O3. The van der Waals surface area contributed by atoms with Crippen LogP contribution in [-0.4, -0.2) is 18.4 Å². The molecular weight excluding hydrogens is 340 g/mol. The highest BCUT2D eigenvalue weighted by Gasteiger charge is 2.09. The van der Waals surface area contributed by atoms with Crippen LogP contribution in [0, 0.1) is 13.8 Å². The van der Waals surface area contributed by atoms with Gasteiger partial charge >= 0.3 is 0 Å². The number of ether oxygens (including phenoxy) is 1. The fourth-order valence-corrected chi connectivity index (χ4v) is 2.85. The van der Waals surface area contributed by atoms with E-state index in [1.807, 2.05) is 74.5 Å². The van der Waals surface area contributed by atoms with Gasteiger partial charge in [-0.15, -0.1) is 0 Å². The van der Waals surface area contributed by atoms with Crippen LogP contribution < -0.4 is 15.6 Å². The number of aryl methyl sites for hydroxylation is 2. The van der Waals surface area contributed by atoms with Crippen LogP contribution >= 0.6 is 0 Å². The van der Waals surface area contributed by atoms with Crippen LogP contribution in [0.1, 0.15) is 16.7 Å². The van der Waals surface area contributed by atoms with E-state index in [4.69, 9.17) is 4.74 Å². The first-order valence-corrected chi connectivity index (χ1v) is 8.77. The number of hydrazine groups is 1. The minimum Gasteiger partial charge on any atom is -0.483 e. The molecule has 0 spiro atoms.